The number of nitrogens with one attached hydrogen (secondary N) is 1. The molecule has 13 heteroatoms. The van der Waals surface area contributed by atoms with Gasteiger partial charge in [-0.3, -0.25) is 4.79 Å². The number of fused-ring (bicyclic) bond motifs is 1. The highest BCUT2D eigenvalue weighted by atomic mass is 19.4. The average molecular weight is 643 g/mol. The third-order valence-corrected chi connectivity index (χ3v) is 7.36. The molecule has 2 aromatic carbocycles. The number of hydrogen-bond donors (Lipinski definition) is 1. The Balaban J connectivity index is 1.51. The minimum absolute atomic E-state index is 0.0796. The van der Waals surface area contributed by atoms with E-state index < -0.39 is 53.4 Å². The Kier molecular flexibility index (Phi) is 10.5. The van der Waals surface area contributed by atoms with E-state index in [-0.39, 0.29) is 24.6 Å². The van der Waals surface area contributed by atoms with E-state index in [1.165, 1.54) is 11.0 Å². The van der Waals surface area contributed by atoms with Gasteiger partial charge in [-0.15, -0.1) is 0 Å². The number of hydroxylamine groups is 1. The molecule has 1 aliphatic heterocycles. The summed E-state index contributed by atoms with van der Waals surface area (Å²) >= 11 is 0. The lowest BCUT2D eigenvalue weighted by Gasteiger charge is -2.32. The number of alkyl halides is 6. The fraction of sp³-hybridized carbons (Fsp3) is 0.500. The van der Waals surface area contributed by atoms with Gasteiger partial charge in [0.2, 0.25) is 0 Å². The molecule has 45 heavy (non-hydrogen) atoms. The molecule has 0 saturated carbocycles. The number of nitrogens with zero attached hydrogens (tertiary/aromatic N) is 1. The molecule has 4 rings (SSSR count). The maximum atomic E-state index is 13.4. The van der Waals surface area contributed by atoms with Crippen LogP contribution in [0.2, 0.25) is 0 Å². The summed E-state index contributed by atoms with van der Waals surface area (Å²) in [6, 6.07) is 6.31. The lowest BCUT2D eigenvalue weighted by molar-refractivity contribution is -0.198. The van der Waals surface area contributed by atoms with Crippen molar-refractivity contribution in [3.05, 3.63) is 75.9 Å². The van der Waals surface area contributed by atoms with Gasteiger partial charge in [0.05, 0.1) is 17.2 Å². The number of aryl methyl sites for hydroxylation is 1. The van der Waals surface area contributed by atoms with E-state index in [1.54, 1.807) is 39.0 Å². The van der Waals surface area contributed by atoms with Crippen LogP contribution >= 0.6 is 0 Å². The van der Waals surface area contributed by atoms with E-state index in [0.29, 0.717) is 43.6 Å². The van der Waals surface area contributed by atoms with Crippen LogP contribution in [0.15, 0.2) is 42.5 Å². The first kappa shape index (κ1) is 34.3. The first-order valence-electron chi connectivity index (χ1n) is 14.7. The Bertz CT molecular complexity index is 1360. The van der Waals surface area contributed by atoms with Crippen LogP contribution in [0.5, 0.6) is 0 Å². The van der Waals surface area contributed by atoms with Crippen molar-refractivity contribution in [3.63, 3.8) is 0 Å². The maximum Gasteiger partial charge on any atom is 0.416 e. The highest BCUT2D eigenvalue weighted by Crippen LogP contribution is 2.39. The topological polar surface area (TPSA) is 77.1 Å². The molecule has 0 radical (unpaired) electrons. The average Bonchev–Trinajstić information content (AvgIpc) is 3.36. The van der Waals surface area contributed by atoms with E-state index >= 15 is 0 Å². The van der Waals surface area contributed by atoms with E-state index in [9.17, 15) is 35.9 Å². The van der Waals surface area contributed by atoms with Crippen molar-refractivity contribution in [1.29, 1.82) is 0 Å². The Morgan fingerprint density at radius 3 is 2.27 bits per heavy atom. The van der Waals surface area contributed by atoms with Crippen molar-refractivity contribution >= 4 is 18.1 Å². The van der Waals surface area contributed by atoms with Crippen LogP contribution < -0.4 is 5.48 Å². The molecule has 0 aromatic heterocycles. The fourth-order valence-corrected chi connectivity index (χ4v) is 5.28. The predicted molar refractivity (Wildman–Crippen MR) is 152 cm³/mol. The molecule has 2 unspecified atom stereocenters. The molecule has 1 saturated heterocycles. The molecule has 2 amide bonds. The Morgan fingerprint density at radius 1 is 0.978 bits per heavy atom. The summed E-state index contributed by atoms with van der Waals surface area (Å²) in [7, 11) is 0. The SMILES string of the molecule is CC(C)(C)OC(=O)N(CCc1cc(C(F)(F)F)cc(C(F)(F)F)c1)C1CCc2cc(/C=C/C(=O)NOC3CCCCO3)ccc21. The maximum absolute atomic E-state index is 13.4. The normalized spacial score (nSPS) is 19.0. The minimum Gasteiger partial charge on any atom is -0.444 e. The van der Waals surface area contributed by atoms with Crippen LogP contribution in [0.3, 0.4) is 0 Å². The molecule has 2 aromatic rings. The molecule has 0 bridgehead atoms. The summed E-state index contributed by atoms with van der Waals surface area (Å²) in [5.74, 6) is -0.470. The van der Waals surface area contributed by atoms with Gasteiger partial charge in [0.15, 0.2) is 6.29 Å². The monoisotopic (exact) mass is 642 g/mol. The quantitative estimate of drug-likeness (QED) is 0.181. The number of halogens is 6. The summed E-state index contributed by atoms with van der Waals surface area (Å²) in [6.07, 6.45) is -4.92. The van der Waals surface area contributed by atoms with Gasteiger partial charge in [-0.1, -0.05) is 18.2 Å². The summed E-state index contributed by atoms with van der Waals surface area (Å²) in [4.78, 5) is 32.2. The zero-order chi connectivity index (χ0) is 33.0. The zero-order valence-electron chi connectivity index (χ0n) is 25.2. The van der Waals surface area contributed by atoms with Gasteiger partial charge in [-0.05, 0) is 99.4 Å². The van der Waals surface area contributed by atoms with Crippen molar-refractivity contribution in [2.75, 3.05) is 13.2 Å². The largest absolute Gasteiger partial charge is 0.444 e. The lowest BCUT2D eigenvalue weighted by Crippen LogP contribution is -2.40. The molecule has 1 heterocycles. The molecule has 2 aliphatic rings. The van der Waals surface area contributed by atoms with Gasteiger partial charge in [-0.25, -0.2) is 15.1 Å². The second-order valence-electron chi connectivity index (χ2n) is 12.1. The van der Waals surface area contributed by atoms with Crippen molar-refractivity contribution in [1.82, 2.24) is 10.4 Å². The fourth-order valence-electron chi connectivity index (χ4n) is 5.28. The smallest absolute Gasteiger partial charge is 0.416 e. The molecular weight excluding hydrogens is 606 g/mol. The number of hydrogen-bond acceptors (Lipinski definition) is 5. The number of carbonyl (C=O) groups is 2. The van der Waals surface area contributed by atoms with Gasteiger partial charge in [0, 0.05) is 25.6 Å². The number of benzene rings is 2. The molecule has 1 fully saturated rings. The van der Waals surface area contributed by atoms with Crippen molar-refractivity contribution in [2.24, 2.45) is 0 Å². The molecule has 2 atom stereocenters. The summed E-state index contributed by atoms with van der Waals surface area (Å²) in [5, 5.41) is 0. The predicted octanol–water partition coefficient (Wildman–Crippen LogP) is 7.78. The highest BCUT2D eigenvalue weighted by molar-refractivity contribution is 5.91. The van der Waals surface area contributed by atoms with Crippen LogP contribution in [0.4, 0.5) is 31.1 Å². The first-order chi connectivity index (χ1) is 21.0. The van der Waals surface area contributed by atoms with Crippen LogP contribution in [-0.2, 0) is 44.3 Å². The third-order valence-electron chi connectivity index (χ3n) is 7.36. The summed E-state index contributed by atoms with van der Waals surface area (Å²) in [5.41, 5.74) is 0.807. The van der Waals surface area contributed by atoms with Gasteiger partial charge in [-0.2, -0.15) is 26.3 Å². The second kappa shape index (κ2) is 13.8. The Morgan fingerprint density at radius 2 is 1.67 bits per heavy atom. The second-order valence-corrected chi connectivity index (χ2v) is 12.1. The molecule has 1 N–H and O–H groups in total. The van der Waals surface area contributed by atoms with E-state index in [0.717, 1.165) is 24.0 Å². The summed E-state index contributed by atoms with van der Waals surface area (Å²) < 4.78 is 91.5. The number of rotatable bonds is 8. The molecule has 0 spiro atoms. The summed E-state index contributed by atoms with van der Waals surface area (Å²) in [6.45, 7) is 5.38. The van der Waals surface area contributed by atoms with Gasteiger partial charge in [0.25, 0.3) is 5.91 Å². The van der Waals surface area contributed by atoms with Crippen LogP contribution in [0.25, 0.3) is 6.08 Å². The highest BCUT2D eigenvalue weighted by Gasteiger charge is 2.38. The standard InChI is InChI=1S/C32H36F6N2O5/c1-30(2,3)44-29(42)40(14-13-21-17-23(31(33,34)35)19-24(18-21)32(36,37)38)26-11-9-22-16-20(7-10-25(22)26)8-12-27(41)39-45-28-6-4-5-15-43-28/h7-8,10,12,16-19,26,28H,4-6,9,11,13-15H2,1-3H3,(H,39,41)/b12-8+. The van der Waals surface area contributed by atoms with E-state index in [2.05, 4.69) is 5.48 Å². The Labute approximate surface area is 257 Å². The zero-order valence-corrected chi connectivity index (χ0v) is 25.2. The van der Waals surface area contributed by atoms with E-state index in [1.807, 2.05) is 6.07 Å². The third kappa shape index (κ3) is 9.70. The number of carbonyl (C=O) groups excluding carboxylic acids is 2. The first-order valence-corrected chi connectivity index (χ1v) is 14.7. The van der Waals surface area contributed by atoms with Crippen LogP contribution in [0.1, 0.15) is 85.9 Å². The number of ether oxygens (including phenoxy) is 2. The van der Waals surface area contributed by atoms with Crippen LogP contribution in [-0.4, -0.2) is 41.9 Å². The van der Waals surface area contributed by atoms with Crippen molar-refractivity contribution in [3.8, 4) is 0 Å². The van der Waals surface area contributed by atoms with Gasteiger partial charge >= 0.3 is 18.4 Å². The van der Waals surface area contributed by atoms with Gasteiger partial charge < -0.3 is 14.4 Å². The number of amides is 2. The molecule has 1 aliphatic carbocycles. The molecule has 246 valence electrons. The Hall–Kier alpha value is -3.58. The van der Waals surface area contributed by atoms with Crippen LogP contribution in [0, 0.1) is 0 Å². The van der Waals surface area contributed by atoms with E-state index in [4.69, 9.17) is 14.3 Å². The van der Waals surface area contributed by atoms with Crippen molar-refractivity contribution < 1.29 is 50.2 Å². The molecule has 7 nitrogen and oxygen atoms in total. The lowest BCUT2D eigenvalue weighted by atomic mass is 10.0. The minimum atomic E-state index is -4.98. The van der Waals surface area contributed by atoms with Crippen molar-refractivity contribution in [2.45, 2.75) is 89.6 Å². The van der Waals surface area contributed by atoms with Gasteiger partial charge in [0.1, 0.15) is 5.60 Å². The molecular formula is C32H36F6N2O5.